The molecular formula is C12H14N2O3. The molecule has 0 heterocycles. The first-order chi connectivity index (χ1) is 8.19. The third kappa shape index (κ3) is 3.87. The van der Waals surface area contributed by atoms with Gasteiger partial charge in [0.05, 0.1) is 17.1 Å². The normalized spacial score (nSPS) is 9.53. The van der Waals surface area contributed by atoms with Gasteiger partial charge in [-0.1, -0.05) is 11.8 Å². The molecule has 0 aliphatic heterocycles. The molecule has 0 aromatic heterocycles. The Kier molecular flexibility index (Phi) is 5.14. The number of benzene rings is 1. The number of rotatable bonds is 4. The average molecular weight is 234 g/mol. The first kappa shape index (κ1) is 13.2. The van der Waals surface area contributed by atoms with Gasteiger partial charge in [-0.15, -0.1) is 0 Å². The highest BCUT2D eigenvalue weighted by Crippen LogP contribution is 2.19. The molecule has 17 heavy (non-hydrogen) atoms. The summed E-state index contributed by atoms with van der Waals surface area (Å²) < 4.78 is 0. The molecule has 5 nitrogen and oxygen atoms in total. The summed E-state index contributed by atoms with van der Waals surface area (Å²) in [6, 6.07) is 4.50. The summed E-state index contributed by atoms with van der Waals surface area (Å²) in [4.78, 5) is 10.1. The lowest BCUT2D eigenvalue weighted by Crippen LogP contribution is -2.05. The largest absolute Gasteiger partial charge is 0.391 e. The van der Waals surface area contributed by atoms with Crippen molar-refractivity contribution in [2.45, 2.75) is 13.0 Å². The fourth-order valence-corrected chi connectivity index (χ4v) is 1.32. The minimum absolute atomic E-state index is 0.0757. The number of hydrogen-bond acceptors (Lipinski definition) is 4. The molecule has 0 bridgehead atoms. The first-order valence-corrected chi connectivity index (χ1v) is 5.20. The molecular weight excluding hydrogens is 220 g/mol. The van der Waals surface area contributed by atoms with E-state index in [1.165, 1.54) is 6.07 Å². The van der Waals surface area contributed by atoms with Crippen LogP contribution in [0.4, 0.5) is 5.69 Å². The Hall–Kier alpha value is -1.90. The first-order valence-electron chi connectivity index (χ1n) is 5.20. The van der Waals surface area contributed by atoms with E-state index in [0.29, 0.717) is 12.0 Å². The molecule has 1 aromatic rings. The van der Waals surface area contributed by atoms with Crippen LogP contribution in [-0.4, -0.2) is 23.6 Å². The predicted octanol–water partition coefficient (Wildman–Crippen LogP) is 1.05. The van der Waals surface area contributed by atoms with Crippen LogP contribution in [0.1, 0.15) is 17.5 Å². The molecule has 0 aliphatic carbocycles. The van der Waals surface area contributed by atoms with Crippen LogP contribution in [0.2, 0.25) is 0 Å². The van der Waals surface area contributed by atoms with Gasteiger partial charge in [-0.3, -0.25) is 10.1 Å². The second kappa shape index (κ2) is 6.63. The Labute approximate surface area is 99.6 Å². The molecule has 0 fully saturated rings. The number of nitrogens with zero attached hydrogens (tertiary/aromatic N) is 1. The van der Waals surface area contributed by atoms with Gasteiger partial charge in [0.2, 0.25) is 0 Å². The maximum Gasteiger partial charge on any atom is 0.274 e. The average Bonchev–Trinajstić information content (AvgIpc) is 2.34. The Morgan fingerprint density at radius 2 is 2.29 bits per heavy atom. The highest BCUT2D eigenvalue weighted by molar-refractivity contribution is 5.47. The van der Waals surface area contributed by atoms with Gasteiger partial charge in [0.1, 0.15) is 0 Å². The molecule has 5 heteroatoms. The summed E-state index contributed by atoms with van der Waals surface area (Å²) in [5, 5.41) is 22.6. The lowest BCUT2D eigenvalue weighted by molar-refractivity contribution is -0.385. The van der Waals surface area contributed by atoms with Crippen molar-refractivity contribution in [3.05, 3.63) is 39.4 Å². The number of aliphatic hydroxyl groups is 1. The van der Waals surface area contributed by atoms with Crippen molar-refractivity contribution in [2.75, 3.05) is 13.6 Å². The van der Waals surface area contributed by atoms with E-state index in [9.17, 15) is 10.1 Å². The summed E-state index contributed by atoms with van der Waals surface area (Å²) in [5.74, 6) is 5.84. The molecule has 0 saturated carbocycles. The van der Waals surface area contributed by atoms with Gasteiger partial charge in [-0.2, -0.15) is 0 Å². The zero-order chi connectivity index (χ0) is 12.7. The second-order valence-electron chi connectivity index (χ2n) is 3.41. The van der Waals surface area contributed by atoms with Crippen molar-refractivity contribution < 1.29 is 10.0 Å². The van der Waals surface area contributed by atoms with Crippen LogP contribution in [0.5, 0.6) is 0 Å². The van der Waals surface area contributed by atoms with E-state index in [4.69, 9.17) is 5.11 Å². The minimum Gasteiger partial charge on any atom is -0.391 e. The highest BCUT2D eigenvalue weighted by atomic mass is 16.6. The van der Waals surface area contributed by atoms with Gasteiger partial charge >= 0.3 is 0 Å². The molecule has 2 N–H and O–H groups in total. The molecule has 90 valence electrons. The Bertz CT molecular complexity index is 461. The number of nitro groups is 1. The molecule has 0 radical (unpaired) electrons. The van der Waals surface area contributed by atoms with Crippen LogP contribution in [-0.2, 0) is 6.61 Å². The number of nitro benzene ring substituents is 1. The topological polar surface area (TPSA) is 75.4 Å². The summed E-state index contributed by atoms with van der Waals surface area (Å²) in [6.07, 6.45) is 0.710. The zero-order valence-corrected chi connectivity index (χ0v) is 9.56. The number of aliphatic hydroxyl groups excluding tert-OH is 1. The van der Waals surface area contributed by atoms with Crippen LogP contribution in [0.3, 0.4) is 0 Å². The van der Waals surface area contributed by atoms with E-state index < -0.39 is 4.92 Å². The quantitative estimate of drug-likeness (QED) is 0.353. The summed E-state index contributed by atoms with van der Waals surface area (Å²) in [5.41, 5.74) is 0.888. The lowest BCUT2D eigenvalue weighted by Gasteiger charge is -1.99. The number of nitrogens with one attached hydrogen (secondary N) is 1. The molecule has 0 saturated heterocycles. The third-order valence-corrected chi connectivity index (χ3v) is 2.18. The molecule has 1 rings (SSSR count). The molecule has 0 aliphatic rings. The van der Waals surface area contributed by atoms with Crippen LogP contribution < -0.4 is 5.32 Å². The SMILES string of the molecule is CNCCC#Cc1ccc([N+](=O)[O-])c(CO)c1. The van der Waals surface area contributed by atoms with E-state index in [2.05, 4.69) is 17.2 Å². The molecule has 0 spiro atoms. The van der Waals surface area contributed by atoms with Gasteiger partial charge in [-0.05, 0) is 19.2 Å². The second-order valence-corrected chi connectivity index (χ2v) is 3.41. The molecule has 1 aromatic carbocycles. The molecule has 0 atom stereocenters. The van der Waals surface area contributed by atoms with E-state index in [-0.39, 0.29) is 17.9 Å². The van der Waals surface area contributed by atoms with Crippen molar-refractivity contribution in [3.63, 3.8) is 0 Å². The van der Waals surface area contributed by atoms with Crippen LogP contribution in [0.15, 0.2) is 18.2 Å². The van der Waals surface area contributed by atoms with E-state index in [1.54, 1.807) is 12.1 Å². The lowest BCUT2D eigenvalue weighted by atomic mass is 10.1. The monoisotopic (exact) mass is 234 g/mol. The maximum absolute atomic E-state index is 10.6. The van der Waals surface area contributed by atoms with E-state index in [1.807, 2.05) is 7.05 Å². The van der Waals surface area contributed by atoms with Crippen molar-refractivity contribution >= 4 is 5.69 Å². The van der Waals surface area contributed by atoms with Gasteiger partial charge in [0.25, 0.3) is 5.69 Å². The van der Waals surface area contributed by atoms with Crippen LogP contribution in [0.25, 0.3) is 0 Å². The summed E-state index contributed by atoms with van der Waals surface area (Å²) >= 11 is 0. The van der Waals surface area contributed by atoms with Crippen molar-refractivity contribution in [1.82, 2.24) is 5.32 Å². The standard InChI is InChI=1S/C12H14N2O3/c1-13-7-3-2-4-10-5-6-12(14(16)17)11(8-10)9-15/h5-6,8,13,15H,3,7,9H2,1H3. The van der Waals surface area contributed by atoms with Gasteiger partial charge < -0.3 is 10.4 Å². The fourth-order valence-electron chi connectivity index (χ4n) is 1.32. The minimum atomic E-state index is -0.510. The van der Waals surface area contributed by atoms with Crippen LogP contribution >= 0.6 is 0 Å². The van der Waals surface area contributed by atoms with Crippen molar-refractivity contribution in [3.8, 4) is 11.8 Å². The van der Waals surface area contributed by atoms with Gasteiger partial charge in [0, 0.05) is 24.6 Å². The molecule has 0 amide bonds. The Morgan fingerprint density at radius 3 is 2.88 bits per heavy atom. The predicted molar refractivity (Wildman–Crippen MR) is 64.4 cm³/mol. The number of hydrogen-bond donors (Lipinski definition) is 2. The van der Waals surface area contributed by atoms with Crippen LogP contribution in [0, 0.1) is 22.0 Å². The van der Waals surface area contributed by atoms with E-state index in [0.717, 1.165) is 6.54 Å². The Morgan fingerprint density at radius 1 is 1.53 bits per heavy atom. The fraction of sp³-hybridized carbons (Fsp3) is 0.333. The third-order valence-electron chi connectivity index (χ3n) is 2.18. The summed E-state index contributed by atoms with van der Waals surface area (Å²) in [6.45, 7) is 0.440. The van der Waals surface area contributed by atoms with E-state index >= 15 is 0 Å². The van der Waals surface area contributed by atoms with Gasteiger partial charge in [0.15, 0.2) is 0 Å². The maximum atomic E-state index is 10.6. The van der Waals surface area contributed by atoms with Crippen molar-refractivity contribution in [1.29, 1.82) is 0 Å². The zero-order valence-electron chi connectivity index (χ0n) is 9.56. The smallest absolute Gasteiger partial charge is 0.274 e. The van der Waals surface area contributed by atoms with Gasteiger partial charge in [-0.25, -0.2) is 0 Å². The Balaban J connectivity index is 2.88. The summed E-state index contributed by atoms with van der Waals surface area (Å²) in [7, 11) is 1.84. The van der Waals surface area contributed by atoms with Crippen molar-refractivity contribution in [2.24, 2.45) is 0 Å². The highest BCUT2D eigenvalue weighted by Gasteiger charge is 2.12. The molecule has 0 unspecified atom stereocenters.